The van der Waals surface area contributed by atoms with Crippen LogP contribution >= 0.6 is 11.6 Å². The van der Waals surface area contributed by atoms with Crippen LogP contribution in [0.25, 0.3) is 11.3 Å². The zero-order valence-electron chi connectivity index (χ0n) is 18.0. The Labute approximate surface area is 180 Å². The molecule has 0 saturated heterocycles. The van der Waals surface area contributed by atoms with Gasteiger partial charge in [0.05, 0.1) is 25.5 Å². The van der Waals surface area contributed by atoms with E-state index in [0.717, 1.165) is 11.1 Å². The molecular formula is C20H27ClN4O5. The number of carbonyl (C=O) groups excluding carboxylic acids is 2. The van der Waals surface area contributed by atoms with Crippen molar-refractivity contribution in [3.8, 4) is 11.3 Å². The van der Waals surface area contributed by atoms with E-state index in [9.17, 15) is 9.59 Å². The molecule has 1 unspecified atom stereocenters. The third-order valence-electron chi connectivity index (χ3n) is 4.00. The van der Waals surface area contributed by atoms with Gasteiger partial charge in [-0.25, -0.2) is 19.6 Å². The predicted octanol–water partition coefficient (Wildman–Crippen LogP) is 3.23. The quantitative estimate of drug-likeness (QED) is 0.522. The third-order valence-corrected chi connectivity index (χ3v) is 4.20. The minimum absolute atomic E-state index is 0.0897. The number of carbonyl (C=O) groups is 2. The minimum Gasteiger partial charge on any atom is -0.463 e. The molecule has 1 amide bonds. The zero-order valence-corrected chi connectivity index (χ0v) is 18.7. The number of pyridine rings is 1. The molecule has 164 valence electrons. The van der Waals surface area contributed by atoms with E-state index in [1.165, 1.54) is 14.2 Å². The fourth-order valence-corrected chi connectivity index (χ4v) is 2.92. The van der Waals surface area contributed by atoms with Crippen molar-refractivity contribution < 1.29 is 23.8 Å². The van der Waals surface area contributed by atoms with Crippen molar-refractivity contribution in [2.24, 2.45) is 0 Å². The van der Waals surface area contributed by atoms with E-state index in [1.807, 2.05) is 6.92 Å². The summed E-state index contributed by atoms with van der Waals surface area (Å²) in [6.07, 6.45) is 2.75. The van der Waals surface area contributed by atoms with Crippen molar-refractivity contribution >= 4 is 23.7 Å². The number of ether oxygens (including phenoxy) is 3. The van der Waals surface area contributed by atoms with Crippen molar-refractivity contribution in [3.05, 3.63) is 35.0 Å². The highest BCUT2D eigenvalue weighted by molar-refractivity contribution is 6.29. The second-order valence-electron chi connectivity index (χ2n) is 7.71. The Hall–Kier alpha value is -2.65. The number of alkyl carbamates (subject to hydrolysis) is 1. The maximum atomic E-state index is 12.3. The maximum Gasteiger partial charge on any atom is 0.408 e. The van der Waals surface area contributed by atoms with Crippen molar-refractivity contribution in [1.29, 1.82) is 0 Å². The Morgan fingerprint density at radius 1 is 1.30 bits per heavy atom. The molecular weight excluding hydrogens is 412 g/mol. The highest BCUT2D eigenvalue weighted by Gasteiger charge is 2.24. The molecule has 0 fully saturated rings. The average Bonchev–Trinajstić information content (AvgIpc) is 3.05. The Bertz CT molecular complexity index is 907. The summed E-state index contributed by atoms with van der Waals surface area (Å²) < 4.78 is 17.0. The Morgan fingerprint density at radius 2 is 2.00 bits per heavy atom. The first-order valence-corrected chi connectivity index (χ1v) is 9.68. The van der Waals surface area contributed by atoms with Crippen LogP contribution in [-0.2, 0) is 20.8 Å². The van der Waals surface area contributed by atoms with Crippen LogP contribution in [0.4, 0.5) is 4.79 Å². The summed E-state index contributed by atoms with van der Waals surface area (Å²) in [5.41, 5.74) is 1.48. The van der Waals surface area contributed by atoms with Crippen molar-refractivity contribution in [2.45, 2.75) is 45.9 Å². The van der Waals surface area contributed by atoms with Gasteiger partial charge in [0.25, 0.3) is 0 Å². The lowest BCUT2D eigenvalue weighted by Crippen LogP contribution is -2.43. The number of methoxy groups -OCH3 is 2. The lowest BCUT2D eigenvalue weighted by Gasteiger charge is -2.23. The number of nitrogens with zero attached hydrogens (tertiary/aromatic N) is 3. The third kappa shape index (κ3) is 6.43. The Balaban J connectivity index is 2.35. The number of hydrogen-bond acceptors (Lipinski definition) is 7. The lowest BCUT2D eigenvalue weighted by molar-refractivity contribution is 0.0459. The summed E-state index contributed by atoms with van der Waals surface area (Å²) in [5.74, 6) is -0.514. The number of rotatable bonds is 7. The van der Waals surface area contributed by atoms with E-state index >= 15 is 0 Å². The van der Waals surface area contributed by atoms with Gasteiger partial charge >= 0.3 is 12.1 Å². The number of nitrogens with one attached hydrogen (secondary N) is 1. The highest BCUT2D eigenvalue weighted by atomic mass is 35.5. The van der Waals surface area contributed by atoms with Crippen LogP contribution in [0, 0.1) is 6.92 Å². The van der Waals surface area contributed by atoms with Gasteiger partial charge in [0.15, 0.2) is 0 Å². The molecule has 0 aliphatic rings. The van der Waals surface area contributed by atoms with Crippen LogP contribution in [0.5, 0.6) is 0 Å². The van der Waals surface area contributed by atoms with Gasteiger partial charge in [0.2, 0.25) is 5.82 Å². The van der Waals surface area contributed by atoms with Gasteiger partial charge in [0, 0.05) is 31.6 Å². The molecule has 0 bridgehead atoms. The lowest BCUT2D eigenvalue weighted by atomic mass is 10.1. The maximum absolute atomic E-state index is 12.3. The van der Waals surface area contributed by atoms with Crippen LogP contribution in [0.1, 0.15) is 37.0 Å². The number of aryl methyl sites for hydroxylation is 1. The topological polar surface area (TPSA) is 105 Å². The minimum atomic E-state index is -0.640. The summed E-state index contributed by atoms with van der Waals surface area (Å²) in [7, 11) is 2.80. The molecule has 1 atom stereocenters. The molecule has 30 heavy (non-hydrogen) atoms. The zero-order chi connectivity index (χ0) is 22.5. The number of amides is 1. The first-order valence-electron chi connectivity index (χ1n) is 9.30. The standard InChI is InChI=1S/C20H27ClN4O5/c1-12-8-22-16(21)7-14(12)15-10-25(17(24-15)18(26)29-6)9-13(11-28-5)23-19(27)30-20(2,3)4/h7-8,10,13H,9,11H2,1-6H3,(H,23,27). The SMILES string of the molecule is COCC(Cn1cc(-c2cc(Cl)ncc2C)nc1C(=O)OC)NC(=O)OC(C)(C)C. The molecule has 0 aliphatic carbocycles. The predicted molar refractivity (Wildman–Crippen MR) is 112 cm³/mol. The van der Waals surface area contributed by atoms with Crippen molar-refractivity contribution in [2.75, 3.05) is 20.8 Å². The number of imidazole rings is 1. The van der Waals surface area contributed by atoms with Crippen LogP contribution < -0.4 is 5.32 Å². The Morgan fingerprint density at radius 3 is 2.60 bits per heavy atom. The molecule has 2 aromatic heterocycles. The van der Waals surface area contributed by atoms with Crippen LogP contribution in [-0.4, -0.2) is 59.1 Å². The fourth-order valence-electron chi connectivity index (χ4n) is 2.77. The van der Waals surface area contributed by atoms with Crippen LogP contribution in [0.2, 0.25) is 5.15 Å². The summed E-state index contributed by atoms with van der Waals surface area (Å²) >= 11 is 6.02. The normalized spacial score (nSPS) is 12.4. The summed E-state index contributed by atoms with van der Waals surface area (Å²) in [5, 5.41) is 3.07. The number of aromatic nitrogens is 3. The molecule has 2 rings (SSSR count). The molecule has 2 aromatic rings. The van der Waals surface area contributed by atoms with E-state index in [4.69, 9.17) is 25.8 Å². The first kappa shape index (κ1) is 23.6. The molecule has 0 spiro atoms. The molecule has 0 radical (unpaired) electrons. The van der Waals surface area contributed by atoms with Gasteiger partial charge in [-0.3, -0.25) is 0 Å². The van der Waals surface area contributed by atoms with E-state index in [1.54, 1.807) is 43.8 Å². The van der Waals surface area contributed by atoms with E-state index < -0.39 is 23.7 Å². The highest BCUT2D eigenvalue weighted by Crippen LogP contribution is 2.25. The molecule has 0 aromatic carbocycles. The van der Waals surface area contributed by atoms with Crippen LogP contribution in [0.3, 0.4) is 0 Å². The van der Waals surface area contributed by atoms with E-state index in [0.29, 0.717) is 10.8 Å². The molecule has 2 heterocycles. The number of halogens is 1. The smallest absolute Gasteiger partial charge is 0.408 e. The summed E-state index contributed by atoms with van der Waals surface area (Å²) in [6.45, 7) is 7.61. The van der Waals surface area contributed by atoms with E-state index in [2.05, 4.69) is 15.3 Å². The molecule has 0 saturated carbocycles. The molecule has 1 N–H and O–H groups in total. The Kier molecular flexibility index (Phi) is 7.80. The van der Waals surface area contributed by atoms with Crippen molar-refractivity contribution in [1.82, 2.24) is 19.9 Å². The molecule has 9 nitrogen and oxygen atoms in total. The second-order valence-corrected chi connectivity index (χ2v) is 8.10. The van der Waals surface area contributed by atoms with E-state index in [-0.39, 0.29) is 19.0 Å². The van der Waals surface area contributed by atoms with Gasteiger partial charge in [-0.2, -0.15) is 0 Å². The fraction of sp³-hybridized carbons (Fsp3) is 0.500. The van der Waals surface area contributed by atoms with Gasteiger partial charge in [0.1, 0.15) is 10.8 Å². The summed E-state index contributed by atoms with van der Waals surface area (Å²) in [4.78, 5) is 32.9. The number of hydrogen-bond donors (Lipinski definition) is 1. The largest absolute Gasteiger partial charge is 0.463 e. The first-order chi connectivity index (χ1) is 14.0. The van der Waals surface area contributed by atoms with Gasteiger partial charge in [-0.15, -0.1) is 0 Å². The molecule has 10 heteroatoms. The van der Waals surface area contributed by atoms with Crippen LogP contribution in [0.15, 0.2) is 18.5 Å². The van der Waals surface area contributed by atoms with Gasteiger partial charge in [-0.05, 0) is 39.3 Å². The number of esters is 1. The van der Waals surface area contributed by atoms with Gasteiger partial charge in [-0.1, -0.05) is 11.6 Å². The monoisotopic (exact) mass is 438 g/mol. The van der Waals surface area contributed by atoms with Gasteiger partial charge < -0.3 is 24.1 Å². The second kappa shape index (κ2) is 9.90. The molecule has 0 aliphatic heterocycles. The average molecular weight is 439 g/mol. The summed E-state index contributed by atoms with van der Waals surface area (Å²) in [6, 6.07) is 1.20. The van der Waals surface area contributed by atoms with Crippen molar-refractivity contribution in [3.63, 3.8) is 0 Å².